The molecule has 0 aliphatic heterocycles. The van der Waals surface area contributed by atoms with Gasteiger partial charge >= 0.3 is 0 Å². The van der Waals surface area contributed by atoms with E-state index in [9.17, 15) is 4.39 Å². The van der Waals surface area contributed by atoms with Crippen molar-refractivity contribution in [3.63, 3.8) is 0 Å². The van der Waals surface area contributed by atoms with E-state index in [0.717, 1.165) is 12.0 Å². The van der Waals surface area contributed by atoms with Gasteiger partial charge in [0.25, 0.3) is 0 Å². The minimum absolute atomic E-state index is 0.150. The second-order valence-electron chi connectivity index (χ2n) is 4.63. The molecule has 5 heteroatoms. The van der Waals surface area contributed by atoms with Crippen molar-refractivity contribution in [2.24, 2.45) is 7.05 Å². The Hall–Kier alpha value is -1.39. The fourth-order valence-corrected chi connectivity index (χ4v) is 2.30. The van der Waals surface area contributed by atoms with Gasteiger partial charge in [0, 0.05) is 19.3 Å². The third-order valence-electron chi connectivity index (χ3n) is 3.15. The van der Waals surface area contributed by atoms with Crippen molar-refractivity contribution in [3.8, 4) is 0 Å². The number of likely N-dealkylation sites (N-methyl/N-ethyl adjacent to an activating group) is 1. The number of rotatable bonds is 5. The molecule has 0 fully saturated rings. The van der Waals surface area contributed by atoms with Crippen LogP contribution in [0.2, 0.25) is 5.02 Å². The third-order valence-corrected chi connectivity index (χ3v) is 3.44. The molecule has 2 rings (SSSR count). The summed E-state index contributed by atoms with van der Waals surface area (Å²) in [7, 11) is 3.76. The molecule has 1 N–H and O–H groups in total. The van der Waals surface area contributed by atoms with Gasteiger partial charge in [-0.15, -0.1) is 0 Å². The highest BCUT2D eigenvalue weighted by Gasteiger charge is 2.13. The van der Waals surface area contributed by atoms with Crippen molar-refractivity contribution in [3.05, 3.63) is 52.6 Å². The molecule has 19 heavy (non-hydrogen) atoms. The predicted octanol–water partition coefficient (Wildman–Crippen LogP) is 2.59. The van der Waals surface area contributed by atoms with Crippen LogP contribution >= 0.6 is 11.6 Å². The molecular weight excluding hydrogens is 265 g/mol. The van der Waals surface area contributed by atoms with Gasteiger partial charge in [-0.1, -0.05) is 23.7 Å². The van der Waals surface area contributed by atoms with Gasteiger partial charge in [0.2, 0.25) is 0 Å². The standard InChI is InChI=1S/C14H17ClFN3/c1-17-12(6-10-8-18-19(2)9-10)7-11-4-3-5-13(15)14(11)16/h3-5,8-9,12,17H,6-7H2,1-2H3. The molecule has 1 aromatic heterocycles. The van der Waals surface area contributed by atoms with Crippen molar-refractivity contribution in [1.29, 1.82) is 0 Å². The van der Waals surface area contributed by atoms with Crippen LogP contribution in [0.4, 0.5) is 4.39 Å². The normalized spacial score (nSPS) is 12.6. The number of hydrogen-bond acceptors (Lipinski definition) is 2. The summed E-state index contributed by atoms with van der Waals surface area (Å²) in [6, 6.07) is 5.26. The minimum atomic E-state index is -0.324. The summed E-state index contributed by atoms with van der Waals surface area (Å²) in [5.74, 6) is -0.324. The van der Waals surface area contributed by atoms with Gasteiger partial charge in [0.15, 0.2) is 0 Å². The van der Waals surface area contributed by atoms with Crippen LogP contribution in [0.15, 0.2) is 30.6 Å². The Morgan fingerprint density at radius 1 is 1.42 bits per heavy atom. The molecule has 1 heterocycles. The maximum Gasteiger partial charge on any atom is 0.145 e. The Morgan fingerprint density at radius 2 is 2.21 bits per heavy atom. The molecular formula is C14H17ClFN3. The van der Waals surface area contributed by atoms with Crippen LogP contribution in [0.3, 0.4) is 0 Å². The number of aromatic nitrogens is 2. The van der Waals surface area contributed by atoms with E-state index >= 15 is 0 Å². The second-order valence-corrected chi connectivity index (χ2v) is 5.04. The Bertz CT molecular complexity index is 553. The van der Waals surface area contributed by atoms with Gasteiger partial charge in [-0.25, -0.2) is 4.39 Å². The fraction of sp³-hybridized carbons (Fsp3) is 0.357. The highest BCUT2D eigenvalue weighted by Crippen LogP contribution is 2.19. The zero-order valence-electron chi connectivity index (χ0n) is 11.0. The first-order valence-electron chi connectivity index (χ1n) is 6.18. The van der Waals surface area contributed by atoms with E-state index in [-0.39, 0.29) is 16.9 Å². The molecule has 102 valence electrons. The molecule has 0 saturated heterocycles. The average Bonchev–Trinajstić information content (AvgIpc) is 2.79. The summed E-state index contributed by atoms with van der Waals surface area (Å²) in [6.45, 7) is 0. The predicted molar refractivity (Wildman–Crippen MR) is 74.9 cm³/mol. The summed E-state index contributed by atoms with van der Waals surface area (Å²) in [4.78, 5) is 0. The molecule has 1 atom stereocenters. The lowest BCUT2D eigenvalue weighted by molar-refractivity contribution is 0.532. The Morgan fingerprint density at radius 3 is 2.84 bits per heavy atom. The van der Waals surface area contributed by atoms with Crippen LogP contribution in [0.1, 0.15) is 11.1 Å². The Labute approximate surface area is 117 Å². The summed E-state index contributed by atoms with van der Waals surface area (Å²) in [5.41, 5.74) is 1.76. The first kappa shape index (κ1) is 14.0. The largest absolute Gasteiger partial charge is 0.316 e. The van der Waals surface area contributed by atoms with Gasteiger partial charge in [0.05, 0.1) is 11.2 Å². The van der Waals surface area contributed by atoms with Gasteiger partial charge in [-0.2, -0.15) is 5.10 Å². The Balaban J connectivity index is 2.08. The molecule has 0 amide bonds. The lowest BCUT2D eigenvalue weighted by Crippen LogP contribution is -2.30. The Kier molecular flexibility index (Phi) is 4.56. The SMILES string of the molecule is CNC(Cc1cnn(C)c1)Cc1cccc(Cl)c1F. The summed E-state index contributed by atoms with van der Waals surface area (Å²) >= 11 is 5.80. The molecule has 2 aromatic rings. The molecule has 0 radical (unpaired) electrons. The number of aryl methyl sites for hydroxylation is 1. The van der Waals surface area contributed by atoms with Crippen molar-refractivity contribution in [2.75, 3.05) is 7.05 Å². The maximum absolute atomic E-state index is 13.9. The van der Waals surface area contributed by atoms with E-state index in [0.29, 0.717) is 12.0 Å². The number of nitrogens with zero attached hydrogens (tertiary/aromatic N) is 2. The van der Waals surface area contributed by atoms with Gasteiger partial charge in [-0.3, -0.25) is 4.68 Å². The van der Waals surface area contributed by atoms with Crippen molar-refractivity contribution in [1.82, 2.24) is 15.1 Å². The molecule has 3 nitrogen and oxygen atoms in total. The van der Waals surface area contributed by atoms with E-state index in [1.807, 2.05) is 26.5 Å². The highest BCUT2D eigenvalue weighted by atomic mass is 35.5. The smallest absolute Gasteiger partial charge is 0.145 e. The molecule has 0 spiro atoms. The molecule has 0 aliphatic carbocycles. The molecule has 1 unspecified atom stereocenters. The lowest BCUT2D eigenvalue weighted by atomic mass is 10.0. The van der Waals surface area contributed by atoms with Crippen molar-refractivity contribution < 1.29 is 4.39 Å². The topological polar surface area (TPSA) is 29.9 Å². The third kappa shape index (κ3) is 3.55. The van der Waals surface area contributed by atoms with E-state index in [1.54, 1.807) is 22.9 Å². The summed E-state index contributed by atoms with van der Waals surface area (Å²) in [6.07, 6.45) is 5.20. The summed E-state index contributed by atoms with van der Waals surface area (Å²) < 4.78 is 15.6. The van der Waals surface area contributed by atoms with Gasteiger partial charge < -0.3 is 5.32 Å². The highest BCUT2D eigenvalue weighted by molar-refractivity contribution is 6.30. The van der Waals surface area contributed by atoms with Crippen LogP contribution < -0.4 is 5.32 Å². The monoisotopic (exact) mass is 281 g/mol. The zero-order chi connectivity index (χ0) is 13.8. The zero-order valence-corrected chi connectivity index (χ0v) is 11.8. The number of nitrogens with one attached hydrogen (secondary N) is 1. The van der Waals surface area contributed by atoms with Crippen molar-refractivity contribution in [2.45, 2.75) is 18.9 Å². The fourth-order valence-electron chi connectivity index (χ4n) is 2.11. The van der Waals surface area contributed by atoms with E-state index in [4.69, 9.17) is 11.6 Å². The van der Waals surface area contributed by atoms with Crippen LogP contribution in [0, 0.1) is 5.82 Å². The molecule has 0 aliphatic rings. The van der Waals surface area contributed by atoms with Gasteiger partial charge in [-0.05, 0) is 37.1 Å². The van der Waals surface area contributed by atoms with Crippen molar-refractivity contribution >= 4 is 11.6 Å². The van der Waals surface area contributed by atoms with Crippen LogP contribution in [0.25, 0.3) is 0 Å². The van der Waals surface area contributed by atoms with E-state index < -0.39 is 0 Å². The van der Waals surface area contributed by atoms with Crippen LogP contribution in [0.5, 0.6) is 0 Å². The lowest BCUT2D eigenvalue weighted by Gasteiger charge is -2.16. The molecule has 1 aromatic carbocycles. The minimum Gasteiger partial charge on any atom is -0.316 e. The first-order chi connectivity index (χ1) is 9.10. The average molecular weight is 282 g/mol. The maximum atomic E-state index is 13.9. The quantitative estimate of drug-likeness (QED) is 0.913. The number of halogens is 2. The summed E-state index contributed by atoms with van der Waals surface area (Å²) in [5, 5.41) is 7.52. The first-order valence-corrected chi connectivity index (χ1v) is 6.55. The van der Waals surface area contributed by atoms with E-state index in [2.05, 4.69) is 10.4 Å². The van der Waals surface area contributed by atoms with Crippen LogP contribution in [-0.4, -0.2) is 22.9 Å². The number of benzene rings is 1. The van der Waals surface area contributed by atoms with Crippen LogP contribution in [-0.2, 0) is 19.9 Å². The second kappa shape index (κ2) is 6.17. The van der Waals surface area contributed by atoms with E-state index in [1.165, 1.54) is 0 Å². The van der Waals surface area contributed by atoms with Gasteiger partial charge in [0.1, 0.15) is 5.82 Å². The molecule has 0 saturated carbocycles. The number of hydrogen-bond donors (Lipinski definition) is 1. The molecule has 0 bridgehead atoms.